The van der Waals surface area contributed by atoms with Gasteiger partial charge in [0.1, 0.15) is 5.52 Å². The smallest absolute Gasteiger partial charge is 0.157 e. The van der Waals surface area contributed by atoms with Crippen LogP contribution in [0.5, 0.6) is 0 Å². The monoisotopic (exact) mass is 390 g/mol. The fourth-order valence-corrected chi connectivity index (χ4v) is 4.54. The van der Waals surface area contributed by atoms with E-state index in [0.717, 1.165) is 47.5 Å². The highest BCUT2D eigenvalue weighted by Gasteiger charge is 2.17. The lowest BCUT2D eigenvalue weighted by molar-refractivity contribution is 0.354. The van der Waals surface area contributed by atoms with Gasteiger partial charge >= 0.3 is 0 Å². The number of para-hydroxylation sites is 1. The molecule has 1 aliphatic rings. The Morgan fingerprint density at radius 2 is 1.86 bits per heavy atom. The number of rotatable bonds is 4. The van der Waals surface area contributed by atoms with Crippen molar-refractivity contribution < 1.29 is 0 Å². The average molecular weight is 391 g/mol. The van der Waals surface area contributed by atoms with Crippen molar-refractivity contribution in [1.29, 1.82) is 0 Å². The number of halogens is 1. The number of hydrogen-bond acceptors (Lipinski definition) is 3. The van der Waals surface area contributed by atoms with Crippen molar-refractivity contribution in [3.05, 3.63) is 65.4 Å². The predicted octanol–water partition coefficient (Wildman–Crippen LogP) is 5.16. The topological polar surface area (TPSA) is 42.7 Å². The van der Waals surface area contributed by atoms with Gasteiger partial charge in [-0.3, -0.25) is 0 Å². The first-order chi connectivity index (χ1) is 13.8. The maximum absolute atomic E-state index is 6.49. The fourth-order valence-electron chi connectivity index (χ4n) is 4.31. The molecule has 2 aromatic heterocycles. The van der Waals surface area contributed by atoms with Gasteiger partial charge in [-0.25, -0.2) is 9.67 Å². The molecule has 3 heterocycles. The van der Waals surface area contributed by atoms with E-state index >= 15 is 0 Å². The largest absolute Gasteiger partial charge is 0.317 e. The van der Waals surface area contributed by atoms with Crippen LogP contribution >= 0.6 is 11.6 Å². The molecule has 28 heavy (non-hydrogen) atoms. The van der Waals surface area contributed by atoms with Gasteiger partial charge in [0.15, 0.2) is 5.15 Å². The summed E-state index contributed by atoms with van der Waals surface area (Å²) in [6.45, 7) is 2.29. The molecule has 4 nitrogen and oxygen atoms in total. The van der Waals surface area contributed by atoms with E-state index in [4.69, 9.17) is 16.7 Å². The number of aryl methyl sites for hydroxylation is 1. The standard InChI is InChI=1S/C23H23ClN4/c24-23-22-19(15-28(27-22)18-6-2-1-3-7-18)21-17(5-4-8-20(21)26-23)10-9-16-11-13-25-14-12-16/h1-8,15-16,25H,9-14H2. The number of pyridine rings is 1. The molecule has 142 valence electrons. The molecule has 0 spiro atoms. The van der Waals surface area contributed by atoms with Gasteiger partial charge in [0.25, 0.3) is 0 Å². The third-order valence-corrected chi connectivity index (χ3v) is 6.09. The zero-order chi connectivity index (χ0) is 18.9. The molecule has 1 fully saturated rings. The van der Waals surface area contributed by atoms with Gasteiger partial charge in [-0.2, -0.15) is 5.10 Å². The third kappa shape index (κ3) is 3.27. The maximum atomic E-state index is 6.49. The first kappa shape index (κ1) is 17.7. The minimum absolute atomic E-state index is 0.465. The Bertz CT molecular complexity index is 1110. The summed E-state index contributed by atoms with van der Waals surface area (Å²) in [4.78, 5) is 4.65. The van der Waals surface area contributed by atoms with E-state index in [1.54, 1.807) is 0 Å². The van der Waals surface area contributed by atoms with Crippen LogP contribution in [0.4, 0.5) is 0 Å². The molecule has 5 rings (SSSR count). The SMILES string of the molecule is Clc1nc2cccc(CCC3CCNCC3)c2c2cn(-c3ccccc3)nc12. The lowest BCUT2D eigenvalue weighted by atomic mass is 9.90. The molecule has 4 aromatic rings. The van der Waals surface area contributed by atoms with Crippen molar-refractivity contribution in [1.82, 2.24) is 20.1 Å². The second-order valence-corrected chi connectivity index (χ2v) is 7.98. The molecule has 0 unspecified atom stereocenters. The predicted molar refractivity (Wildman–Crippen MR) is 115 cm³/mol. The lowest BCUT2D eigenvalue weighted by Gasteiger charge is -2.22. The number of benzene rings is 2. The highest BCUT2D eigenvalue weighted by molar-refractivity contribution is 6.35. The number of nitrogens with one attached hydrogen (secondary N) is 1. The van der Waals surface area contributed by atoms with Crippen LogP contribution in [-0.4, -0.2) is 27.9 Å². The Morgan fingerprint density at radius 1 is 1.04 bits per heavy atom. The van der Waals surface area contributed by atoms with Crippen LogP contribution in [0.3, 0.4) is 0 Å². The molecule has 0 bridgehead atoms. The average Bonchev–Trinajstić information content (AvgIpc) is 3.20. The fraction of sp³-hybridized carbons (Fsp3) is 0.304. The van der Waals surface area contributed by atoms with Gasteiger partial charge in [0.2, 0.25) is 0 Å². The molecule has 0 atom stereocenters. The van der Waals surface area contributed by atoms with Crippen molar-refractivity contribution in [3.8, 4) is 5.69 Å². The minimum Gasteiger partial charge on any atom is -0.317 e. The first-order valence-corrected chi connectivity index (χ1v) is 10.4. The van der Waals surface area contributed by atoms with Gasteiger partial charge in [0.05, 0.1) is 11.2 Å². The molecule has 1 saturated heterocycles. The van der Waals surface area contributed by atoms with Crippen LogP contribution in [0, 0.1) is 5.92 Å². The zero-order valence-corrected chi connectivity index (χ0v) is 16.5. The zero-order valence-electron chi connectivity index (χ0n) is 15.7. The number of hydrogen-bond donors (Lipinski definition) is 1. The Morgan fingerprint density at radius 3 is 2.68 bits per heavy atom. The first-order valence-electron chi connectivity index (χ1n) is 10.0. The molecule has 0 aliphatic carbocycles. The van der Waals surface area contributed by atoms with Crippen LogP contribution in [0.2, 0.25) is 5.15 Å². The van der Waals surface area contributed by atoms with E-state index in [1.807, 2.05) is 35.0 Å². The lowest BCUT2D eigenvalue weighted by Crippen LogP contribution is -2.27. The van der Waals surface area contributed by atoms with Crippen molar-refractivity contribution in [3.63, 3.8) is 0 Å². The summed E-state index contributed by atoms with van der Waals surface area (Å²) < 4.78 is 1.90. The van der Waals surface area contributed by atoms with Crippen molar-refractivity contribution in [2.24, 2.45) is 5.92 Å². The molecule has 1 N–H and O–H groups in total. The summed E-state index contributed by atoms with van der Waals surface area (Å²) in [5.41, 5.74) is 4.09. The van der Waals surface area contributed by atoms with E-state index in [-0.39, 0.29) is 0 Å². The highest BCUT2D eigenvalue weighted by atomic mass is 35.5. The van der Waals surface area contributed by atoms with Gasteiger partial charge in [-0.1, -0.05) is 41.9 Å². The van der Waals surface area contributed by atoms with Crippen molar-refractivity contribution in [2.45, 2.75) is 25.7 Å². The van der Waals surface area contributed by atoms with Crippen LogP contribution in [0.15, 0.2) is 54.7 Å². The summed E-state index contributed by atoms with van der Waals surface area (Å²) in [5.74, 6) is 0.805. The van der Waals surface area contributed by atoms with Crippen LogP contribution in [-0.2, 0) is 6.42 Å². The van der Waals surface area contributed by atoms with Crippen molar-refractivity contribution in [2.75, 3.05) is 13.1 Å². The summed E-state index contributed by atoms with van der Waals surface area (Å²) in [5, 5.41) is 10.9. The second-order valence-electron chi connectivity index (χ2n) is 7.62. The molecule has 0 amide bonds. The summed E-state index contributed by atoms with van der Waals surface area (Å²) in [7, 11) is 0. The quantitative estimate of drug-likeness (QED) is 0.489. The molecular formula is C23H23ClN4. The highest BCUT2D eigenvalue weighted by Crippen LogP contribution is 2.32. The van der Waals surface area contributed by atoms with E-state index < -0.39 is 0 Å². The summed E-state index contributed by atoms with van der Waals surface area (Å²) in [6.07, 6.45) is 6.93. The molecule has 0 radical (unpaired) electrons. The van der Waals surface area contributed by atoms with E-state index in [2.05, 4.69) is 34.7 Å². The normalized spacial score (nSPS) is 15.5. The number of aromatic nitrogens is 3. The van der Waals surface area contributed by atoms with Gasteiger partial charge in [-0.15, -0.1) is 0 Å². The Balaban J connectivity index is 1.60. The molecule has 0 saturated carbocycles. The van der Waals surface area contributed by atoms with Crippen LogP contribution < -0.4 is 5.32 Å². The number of fused-ring (bicyclic) bond motifs is 3. The number of piperidine rings is 1. The van der Waals surface area contributed by atoms with Gasteiger partial charge in [-0.05, 0) is 68.5 Å². The Labute approximate surface area is 169 Å². The van der Waals surface area contributed by atoms with Crippen LogP contribution in [0.25, 0.3) is 27.5 Å². The van der Waals surface area contributed by atoms with E-state index in [1.165, 1.54) is 30.2 Å². The summed E-state index contributed by atoms with van der Waals surface area (Å²) in [6, 6.07) is 16.5. The maximum Gasteiger partial charge on any atom is 0.157 e. The number of nitrogens with zero attached hydrogens (tertiary/aromatic N) is 3. The summed E-state index contributed by atoms with van der Waals surface area (Å²) >= 11 is 6.49. The Kier molecular flexibility index (Phi) is 4.75. The Hall–Kier alpha value is -2.43. The molecule has 5 heteroatoms. The van der Waals surface area contributed by atoms with Crippen molar-refractivity contribution >= 4 is 33.4 Å². The van der Waals surface area contributed by atoms with Crippen LogP contribution in [0.1, 0.15) is 24.8 Å². The molecule has 2 aromatic carbocycles. The molecular weight excluding hydrogens is 368 g/mol. The van der Waals surface area contributed by atoms with E-state index in [0.29, 0.717) is 5.15 Å². The second kappa shape index (κ2) is 7.53. The third-order valence-electron chi connectivity index (χ3n) is 5.83. The minimum atomic E-state index is 0.465. The van der Waals surface area contributed by atoms with Gasteiger partial charge < -0.3 is 5.32 Å². The van der Waals surface area contributed by atoms with E-state index in [9.17, 15) is 0 Å². The van der Waals surface area contributed by atoms with Gasteiger partial charge in [0, 0.05) is 17.0 Å². The molecule has 1 aliphatic heterocycles.